The molecule has 0 spiro atoms. The average Bonchev–Trinajstić information content (AvgIpc) is 2.95. The maximum absolute atomic E-state index is 12.9. The fourth-order valence-electron chi connectivity index (χ4n) is 3.23. The number of aryl methyl sites for hydroxylation is 2. The quantitative estimate of drug-likeness (QED) is 0.648. The molecule has 136 valence electrons. The lowest BCUT2D eigenvalue weighted by molar-refractivity contribution is 0.0954. The minimum Gasteiger partial charge on any atom is -0.352 e. The molecule has 1 aromatic carbocycles. The Bertz CT molecular complexity index is 899. The van der Waals surface area contributed by atoms with Crippen molar-refractivity contribution in [1.29, 1.82) is 0 Å². The number of aromatic nitrogens is 3. The van der Waals surface area contributed by atoms with Crippen molar-refractivity contribution in [3.8, 4) is 11.3 Å². The molecule has 0 aliphatic rings. The monoisotopic (exact) mass is 350 g/mol. The Morgan fingerprint density at radius 2 is 1.92 bits per heavy atom. The van der Waals surface area contributed by atoms with Crippen molar-refractivity contribution in [2.24, 2.45) is 7.05 Å². The first kappa shape index (κ1) is 18.1. The molecule has 0 unspecified atom stereocenters. The molecule has 0 saturated carbocycles. The Kier molecular flexibility index (Phi) is 5.66. The second kappa shape index (κ2) is 8.13. The lowest BCUT2D eigenvalue weighted by Gasteiger charge is -2.09. The van der Waals surface area contributed by atoms with Crippen LogP contribution in [0.1, 0.15) is 48.7 Å². The number of pyridine rings is 1. The van der Waals surface area contributed by atoms with Gasteiger partial charge in [0.05, 0.1) is 22.3 Å². The van der Waals surface area contributed by atoms with Crippen LogP contribution in [0.15, 0.2) is 36.4 Å². The highest BCUT2D eigenvalue weighted by atomic mass is 16.1. The van der Waals surface area contributed by atoms with E-state index in [4.69, 9.17) is 4.98 Å². The first-order chi connectivity index (χ1) is 12.6. The standard InChI is InChI=1S/C21H26N4O/c1-4-5-6-10-13-22-21(26)17-14-18(16-11-8-7-9-12-16)23-20-19(17)15(2)24-25(20)3/h7-9,11-12,14H,4-6,10,13H2,1-3H3,(H,22,26). The molecule has 0 saturated heterocycles. The minimum absolute atomic E-state index is 0.0535. The molecule has 3 rings (SSSR count). The summed E-state index contributed by atoms with van der Waals surface area (Å²) in [6, 6.07) is 11.8. The smallest absolute Gasteiger partial charge is 0.252 e. The van der Waals surface area contributed by atoms with Gasteiger partial charge >= 0.3 is 0 Å². The third kappa shape index (κ3) is 3.77. The topological polar surface area (TPSA) is 59.8 Å². The highest BCUT2D eigenvalue weighted by molar-refractivity contribution is 6.07. The largest absolute Gasteiger partial charge is 0.352 e. The molecule has 2 heterocycles. The summed E-state index contributed by atoms with van der Waals surface area (Å²) in [4.78, 5) is 17.6. The van der Waals surface area contributed by atoms with Gasteiger partial charge in [0, 0.05) is 19.2 Å². The van der Waals surface area contributed by atoms with Crippen molar-refractivity contribution in [1.82, 2.24) is 20.1 Å². The molecule has 5 nitrogen and oxygen atoms in total. The van der Waals surface area contributed by atoms with E-state index < -0.39 is 0 Å². The molecule has 26 heavy (non-hydrogen) atoms. The van der Waals surface area contributed by atoms with Crippen LogP contribution < -0.4 is 5.32 Å². The minimum atomic E-state index is -0.0535. The third-order valence-corrected chi connectivity index (χ3v) is 4.60. The molecule has 5 heteroatoms. The Hall–Kier alpha value is -2.69. The van der Waals surface area contributed by atoms with E-state index in [-0.39, 0.29) is 5.91 Å². The number of fused-ring (bicyclic) bond motifs is 1. The van der Waals surface area contributed by atoms with Gasteiger partial charge in [0.2, 0.25) is 0 Å². The number of nitrogens with one attached hydrogen (secondary N) is 1. The SMILES string of the molecule is CCCCCCNC(=O)c1cc(-c2ccccc2)nc2c1c(C)nn2C. The highest BCUT2D eigenvalue weighted by Crippen LogP contribution is 2.26. The molecule has 0 radical (unpaired) electrons. The van der Waals surface area contributed by atoms with Crippen LogP contribution in [-0.2, 0) is 7.05 Å². The molecule has 1 N–H and O–H groups in total. The summed E-state index contributed by atoms with van der Waals surface area (Å²) in [5.74, 6) is -0.0535. The van der Waals surface area contributed by atoms with Crippen LogP contribution in [0.2, 0.25) is 0 Å². The van der Waals surface area contributed by atoms with Gasteiger partial charge < -0.3 is 5.32 Å². The predicted octanol–water partition coefficient (Wildman–Crippen LogP) is 4.25. The first-order valence-electron chi connectivity index (χ1n) is 9.29. The van der Waals surface area contributed by atoms with Crippen molar-refractivity contribution in [3.05, 3.63) is 47.7 Å². The number of benzene rings is 1. The molecule has 0 aliphatic heterocycles. The van der Waals surface area contributed by atoms with Gasteiger partial charge in [-0.25, -0.2) is 4.98 Å². The van der Waals surface area contributed by atoms with E-state index in [9.17, 15) is 4.79 Å². The molecule has 1 amide bonds. The van der Waals surface area contributed by atoms with Crippen LogP contribution in [0.25, 0.3) is 22.3 Å². The number of rotatable bonds is 7. The second-order valence-corrected chi connectivity index (χ2v) is 6.65. The van der Waals surface area contributed by atoms with Crippen molar-refractivity contribution in [2.75, 3.05) is 6.54 Å². The molecule has 0 atom stereocenters. The van der Waals surface area contributed by atoms with Crippen LogP contribution in [-0.4, -0.2) is 27.2 Å². The van der Waals surface area contributed by atoms with Crippen LogP contribution in [0, 0.1) is 6.92 Å². The van der Waals surface area contributed by atoms with Crippen LogP contribution in [0.3, 0.4) is 0 Å². The number of unbranched alkanes of at least 4 members (excludes halogenated alkanes) is 3. The number of nitrogens with zero attached hydrogens (tertiary/aromatic N) is 3. The number of hydrogen-bond donors (Lipinski definition) is 1. The van der Waals surface area contributed by atoms with Crippen LogP contribution in [0.4, 0.5) is 0 Å². The van der Waals surface area contributed by atoms with Gasteiger partial charge in [-0.3, -0.25) is 9.48 Å². The van der Waals surface area contributed by atoms with Gasteiger partial charge in [0.1, 0.15) is 0 Å². The van der Waals surface area contributed by atoms with E-state index in [1.807, 2.05) is 50.4 Å². The summed E-state index contributed by atoms with van der Waals surface area (Å²) in [5.41, 5.74) is 3.99. The van der Waals surface area contributed by atoms with E-state index in [0.717, 1.165) is 40.8 Å². The average molecular weight is 350 g/mol. The van der Waals surface area contributed by atoms with E-state index in [0.29, 0.717) is 12.1 Å². The summed E-state index contributed by atoms with van der Waals surface area (Å²) >= 11 is 0. The molecule has 3 aromatic rings. The number of hydrogen-bond acceptors (Lipinski definition) is 3. The summed E-state index contributed by atoms with van der Waals surface area (Å²) in [7, 11) is 1.86. The maximum atomic E-state index is 12.9. The molecular weight excluding hydrogens is 324 g/mol. The lowest BCUT2D eigenvalue weighted by Crippen LogP contribution is -2.25. The number of carbonyl (C=O) groups is 1. The van der Waals surface area contributed by atoms with E-state index in [2.05, 4.69) is 17.3 Å². The Labute approximate surface area is 154 Å². The zero-order chi connectivity index (χ0) is 18.5. The van der Waals surface area contributed by atoms with Crippen molar-refractivity contribution in [2.45, 2.75) is 39.5 Å². The zero-order valence-corrected chi connectivity index (χ0v) is 15.7. The zero-order valence-electron chi connectivity index (χ0n) is 15.7. The van der Waals surface area contributed by atoms with Crippen LogP contribution in [0.5, 0.6) is 0 Å². The Morgan fingerprint density at radius 3 is 2.65 bits per heavy atom. The van der Waals surface area contributed by atoms with E-state index in [1.54, 1.807) is 4.68 Å². The summed E-state index contributed by atoms with van der Waals surface area (Å²) in [6.45, 7) is 4.80. The summed E-state index contributed by atoms with van der Waals surface area (Å²) < 4.78 is 1.75. The van der Waals surface area contributed by atoms with Gasteiger partial charge in [0.15, 0.2) is 5.65 Å². The fourth-order valence-corrected chi connectivity index (χ4v) is 3.23. The third-order valence-electron chi connectivity index (χ3n) is 4.60. The van der Waals surface area contributed by atoms with Gasteiger partial charge in [-0.2, -0.15) is 5.10 Å². The predicted molar refractivity (Wildman–Crippen MR) is 105 cm³/mol. The molecular formula is C21H26N4O. The van der Waals surface area contributed by atoms with Crippen molar-refractivity contribution < 1.29 is 4.79 Å². The number of carbonyl (C=O) groups excluding carboxylic acids is 1. The second-order valence-electron chi connectivity index (χ2n) is 6.65. The molecule has 0 aliphatic carbocycles. The molecule has 0 fully saturated rings. The Morgan fingerprint density at radius 1 is 1.15 bits per heavy atom. The lowest BCUT2D eigenvalue weighted by atomic mass is 10.0. The Balaban J connectivity index is 1.96. The normalized spacial score (nSPS) is 11.0. The van der Waals surface area contributed by atoms with Gasteiger partial charge in [-0.05, 0) is 19.4 Å². The van der Waals surface area contributed by atoms with E-state index >= 15 is 0 Å². The first-order valence-corrected chi connectivity index (χ1v) is 9.29. The van der Waals surface area contributed by atoms with Gasteiger partial charge in [0.25, 0.3) is 5.91 Å². The highest BCUT2D eigenvalue weighted by Gasteiger charge is 2.18. The van der Waals surface area contributed by atoms with E-state index in [1.165, 1.54) is 12.8 Å². The summed E-state index contributed by atoms with van der Waals surface area (Å²) in [6.07, 6.45) is 4.54. The molecule has 2 aromatic heterocycles. The fraction of sp³-hybridized carbons (Fsp3) is 0.381. The van der Waals surface area contributed by atoms with Crippen molar-refractivity contribution >= 4 is 16.9 Å². The van der Waals surface area contributed by atoms with Gasteiger partial charge in [-0.1, -0.05) is 56.5 Å². The van der Waals surface area contributed by atoms with Crippen LogP contribution >= 0.6 is 0 Å². The summed E-state index contributed by atoms with van der Waals surface area (Å²) in [5, 5.41) is 8.36. The van der Waals surface area contributed by atoms with Crippen molar-refractivity contribution in [3.63, 3.8) is 0 Å². The molecule has 0 bridgehead atoms. The van der Waals surface area contributed by atoms with Gasteiger partial charge in [-0.15, -0.1) is 0 Å². The number of amides is 1. The maximum Gasteiger partial charge on any atom is 0.252 e.